The molecular formula is C12H14ClF4N. The highest BCUT2D eigenvalue weighted by atomic mass is 35.5. The average Bonchev–Trinajstić information content (AvgIpc) is 2.30. The van der Waals surface area contributed by atoms with E-state index in [1.54, 1.807) is 4.90 Å². The topological polar surface area (TPSA) is 3.24 Å². The predicted molar refractivity (Wildman–Crippen MR) is 64.6 cm³/mol. The van der Waals surface area contributed by atoms with E-state index in [-0.39, 0.29) is 5.69 Å². The second-order valence-electron chi connectivity index (χ2n) is 3.79. The summed E-state index contributed by atoms with van der Waals surface area (Å²) in [6.45, 7) is 2.84. The third kappa shape index (κ3) is 3.77. The summed E-state index contributed by atoms with van der Waals surface area (Å²) in [5, 5.41) is 0. The van der Waals surface area contributed by atoms with E-state index in [1.807, 2.05) is 6.92 Å². The molecule has 0 saturated heterocycles. The summed E-state index contributed by atoms with van der Waals surface area (Å²) >= 11 is 5.55. The number of nitrogens with zero attached hydrogens (tertiary/aromatic N) is 1. The van der Waals surface area contributed by atoms with Crippen LogP contribution in [0.1, 0.15) is 18.9 Å². The lowest BCUT2D eigenvalue weighted by molar-refractivity contribution is -0.137. The SMILES string of the molecule is CCN(CCCCl)c1ccc(C(F)(F)F)cc1F. The number of alkyl halides is 4. The Hall–Kier alpha value is -0.970. The van der Waals surface area contributed by atoms with Crippen molar-refractivity contribution in [1.29, 1.82) is 0 Å². The van der Waals surface area contributed by atoms with E-state index in [0.717, 1.165) is 12.1 Å². The van der Waals surface area contributed by atoms with Gasteiger partial charge in [-0.05, 0) is 31.5 Å². The maximum absolute atomic E-state index is 13.7. The highest BCUT2D eigenvalue weighted by Gasteiger charge is 2.31. The second kappa shape index (κ2) is 6.27. The van der Waals surface area contributed by atoms with Gasteiger partial charge in [0.2, 0.25) is 0 Å². The fourth-order valence-electron chi connectivity index (χ4n) is 1.64. The van der Waals surface area contributed by atoms with Gasteiger partial charge in [0.25, 0.3) is 0 Å². The van der Waals surface area contributed by atoms with Crippen LogP contribution >= 0.6 is 11.6 Å². The van der Waals surface area contributed by atoms with Crippen LogP contribution in [0.3, 0.4) is 0 Å². The van der Waals surface area contributed by atoms with Gasteiger partial charge in [-0.3, -0.25) is 0 Å². The first-order chi connectivity index (χ1) is 8.40. The Balaban J connectivity index is 2.96. The normalized spacial score (nSPS) is 11.7. The molecule has 1 aromatic rings. The molecule has 0 spiro atoms. The lowest BCUT2D eigenvalue weighted by Crippen LogP contribution is -2.25. The molecular weight excluding hydrogens is 270 g/mol. The molecule has 0 aliphatic carbocycles. The monoisotopic (exact) mass is 283 g/mol. The maximum Gasteiger partial charge on any atom is 0.416 e. The van der Waals surface area contributed by atoms with Crippen molar-refractivity contribution in [3.05, 3.63) is 29.6 Å². The molecule has 0 aromatic heterocycles. The van der Waals surface area contributed by atoms with Gasteiger partial charge in [-0.15, -0.1) is 11.6 Å². The largest absolute Gasteiger partial charge is 0.416 e. The van der Waals surface area contributed by atoms with Gasteiger partial charge in [-0.1, -0.05) is 0 Å². The van der Waals surface area contributed by atoms with Gasteiger partial charge in [-0.25, -0.2) is 4.39 Å². The minimum atomic E-state index is -4.52. The fraction of sp³-hybridized carbons (Fsp3) is 0.500. The van der Waals surface area contributed by atoms with Crippen LogP contribution in [-0.2, 0) is 6.18 Å². The highest BCUT2D eigenvalue weighted by molar-refractivity contribution is 6.17. The zero-order chi connectivity index (χ0) is 13.8. The number of benzene rings is 1. The van der Waals surface area contributed by atoms with Crippen LogP contribution in [-0.4, -0.2) is 19.0 Å². The first kappa shape index (κ1) is 15.1. The van der Waals surface area contributed by atoms with Gasteiger partial charge in [0.05, 0.1) is 11.3 Å². The second-order valence-corrected chi connectivity index (χ2v) is 4.16. The first-order valence-corrected chi connectivity index (χ1v) is 6.11. The van der Waals surface area contributed by atoms with Crippen molar-refractivity contribution < 1.29 is 17.6 Å². The lowest BCUT2D eigenvalue weighted by Gasteiger charge is -2.23. The van der Waals surface area contributed by atoms with Crippen LogP contribution < -0.4 is 4.90 Å². The molecule has 0 atom stereocenters. The Morgan fingerprint density at radius 3 is 2.39 bits per heavy atom. The molecule has 0 bridgehead atoms. The van der Waals surface area contributed by atoms with E-state index in [4.69, 9.17) is 11.6 Å². The van der Waals surface area contributed by atoms with Gasteiger partial charge in [0.15, 0.2) is 0 Å². The van der Waals surface area contributed by atoms with Gasteiger partial charge >= 0.3 is 6.18 Å². The zero-order valence-corrected chi connectivity index (χ0v) is 10.7. The predicted octanol–water partition coefficient (Wildman–Crippen LogP) is 4.30. The lowest BCUT2D eigenvalue weighted by atomic mass is 10.1. The summed E-state index contributed by atoms with van der Waals surface area (Å²) in [5.41, 5.74) is -0.798. The van der Waals surface area contributed by atoms with Crippen LogP contribution in [0.15, 0.2) is 18.2 Å². The maximum atomic E-state index is 13.7. The van der Waals surface area contributed by atoms with E-state index in [0.29, 0.717) is 31.5 Å². The molecule has 0 aliphatic rings. The van der Waals surface area contributed by atoms with Crippen LogP contribution in [0.5, 0.6) is 0 Å². The minimum absolute atomic E-state index is 0.176. The quantitative estimate of drug-likeness (QED) is 0.575. The highest BCUT2D eigenvalue weighted by Crippen LogP contribution is 2.32. The Bertz CT molecular complexity index is 392. The Labute approximate surface area is 108 Å². The summed E-state index contributed by atoms with van der Waals surface area (Å²) < 4.78 is 50.8. The molecule has 0 aliphatic heterocycles. The van der Waals surface area contributed by atoms with Crippen molar-refractivity contribution >= 4 is 17.3 Å². The molecule has 6 heteroatoms. The molecule has 0 saturated carbocycles. The molecule has 0 amide bonds. The summed E-state index contributed by atoms with van der Waals surface area (Å²) in [5.74, 6) is -0.431. The average molecular weight is 284 g/mol. The first-order valence-electron chi connectivity index (χ1n) is 5.57. The summed E-state index contributed by atoms with van der Waals surface area (Å²) in [6, 6.07) is 2.58. The molecule has 0 unspecified atom stereocenters. The van der Waals surface area contributed by atoms with E-state index < -0.39 is 17.6 Å². The Morgan fingerprint density at radius 1 is 1.28 bits per heavy atom. The molecule has 1 nitrogen and oxygen atoms in total. The van der Waals surface area contributed by atoms with Crippen molar-refractivity contribution in [3.8, 4) is 0 Å². The zero-order valence-electron chi connectivity index (χ0n) is 9.90. The molecule has 1 aromatic carbocycles. The number of anilines is 1. The molecule has 18 heavy (non-hydrogen) atoms. The Morgan fingerprint density at radius 2 is 1.94 bits per heavy atom. The molecule has 0 heterocycles. The molecule has 0 N–H and O–H groups in total. The molecule has 0 fully saturated rings. The van der Waals surface area contributed by atoms with Gasteiger partial charge in [-0.2, -0.15) is 13.2 Å². The van der Waals surface area contributed by atoms with E-state index in [2.05, 4.69) is 0 Å². The van der Waals surface area contributed by atoms with Gasteiger partial charge in [0, 0.05) is 19.0 Å². The van der Waals surface area contributed by atoms with Crippen molar-refractivity contribution in [2.45, 2.75) is 19.5 Å². The van der Waals surface area contributed by atoms with Crippen LogP contribution in [0, 0.1) is 5.82 Å². The van der Waals surface area contributed by atoms with E-state index in [1.165, 1.54) is 0 Å². The molecule has 102 valence electrons. The van der Waals surface area contributed by atoms with Gasteiger partial charge in [0.1, 0.15) is 5.82 Å². The third-order valence-electron chi connectivity index (χ3n) is 2.56. The fourth-order valence-corrected chi connectivity index (χ4v) is 1.76. The van der Waals surface area contributed by atoms with E-state index in [9.17, 15) is 17.6 Å². The Kier molecular flexibility index (Phi) is 5.26. The molecule has 0 radical (unpaired) electrons. The third-order valence-corrected chi connectivity index (χ3v) is 2.83. The number of rotatable bonds is 5. The number of halogens is 5. The standard InChI is InChI=1S/C12H14ClF4N/c1-2-18(7-3-6-13)11-5-4-9(8-10(11)14)12(15,16)17/h4-5,8H,2-3,6-7H2,1H3. The van der Waals surface area contributed by atoms with Crippen LogP contribution in [0.25, 0.3) is 0 Å². The molecule has 1 rings (SSSR count). The summed E-state index contributed by atoms with van der Waals surface area (Å²) in [4.78, 5) is 1.66. The van der Waals surface area contributed by atoms with Crippen LogP contribution in [0.4, 0.5) is 23.2 Å². The number of hydrogen-bond donors (Lipinski definition) is 0. The van der Waals surface area contributed by atoms with E-state index >= 15 is 0 Å². The summed E-state index contributed by atoms with van der Waals surface area (Å²) in [6.07, 6.45) is -3.87. The number of hydrogen-bond acceptors (Lipinski definition) is 1. The van der Waals surface area contributed by atoms with Crippen molar-refractivity contribution in [1.82, 2.24) is 0 Å². The van der Waals surface area contributed by atoms with Crippen molar-refractivity contribution in [2.75, 3.05) is 23.9 Å². The smallest absolute Gasteiger partial charge is 0.369 e. The van der Waals surface area contributed by atoms with Crippen molar-refractivity contribution in [2.24, 2.45) is 0 Å². The summed E-state index contributed by atoms with van der Waals surface area (Å²) in [7, 11) is 0. The van der Waals surface area contributed by atoms with Crippen LogP contribution in [0.2, 0.25) is 0 Å². The van der Waals surface area contributed by atoms with Crippen molar-refractivity contribution in [3.63, 3.8) is 0 Å². The van der Waals surface area contributed by atoms with Gasteiger partial charge < -0.3 is 4.90 Å². The minimum Gasteiger partial charge on any atom is -0.369 e.